The maximum absolute atomic E-state index is 12.3. The minimum Gasteiger partial charge on any atom is -0.444 e. The molecule has 0 saturated carbocycles. The van der Waals surface area contributed by atoms with Crippen molar-refractivity contribution in [3.05, 3.63) is 45.3 Å². The number of nitrogens with zero attached hydrogens (tertiary/aromatic N) is 4. The normalized spacial score (nSPS) is 18.6. The summed E-state index contributed by atoms with van der Waals surface area (Å²) in [5, 5.41) is 0. The molecule has 0 amide bonds. The largest absolute Gasteiger partial charge is 0.444 e. The number of piperidine rings is 1. The smallest absolute Gasteiger partial charge is 0.256 e. The summed E-state index contributed by atoms with van der Waals surface area (Å²) in [4.78, 5) is 23.7. The molecule has 0 spiro atoms. The molecule has 4 rings (SSSR count). The molecule has 1 aliphatic carbocycles. The maximum Gasteiger partial charge on any atom is 0.256 e. The molecule has 0 radical (unpaired) electrons. The number of aryl methyl sites for hydroxylation is 3. The fraction of sp³-hybridized carbons (Fsp3) is 0.632. The van der Waals surface area contributed by atoms with Crippen molar-refractivity contribution < 1.29 is 4.42 Å². The predicted octanol–water partition coefficient (Wildman–Crippen LogP) is 2.25. The highest BCUT2D eigenvalue weighted by Crippen LogP contribution is 2.24. The zero-order valence-electron chi connectivity index (χ0n) is 15.1. The molecule has 2 aromatic heterocycles. The monoisotopic (exact) mass is 342 g/mol. The SMILES string of the molecule is Cc1ncn(CC2CCN(Cc3nc4c(o3)CCC4)CC2)c(=O)c1C. The van der Waals surface area contributed by atoms with E-state index in [1.165, 1.54) is 12.1 Å². The molecule has 1 fully saturated rings. The van der Waals surface area contributed by atoms with Crippen LogP contribution in [-0.2, 0) is 25.9 Å². The van der Waals surface area contributed by atoms with Crippen LogP contribution in [0.3, 0.4) is 0 Å². The van der Waals surface area contributed by atoms with Crippen molar-refractivity contribution in [3.63, 3.8) is 0 Å². The Morgan fingerprint density at radius 2 is 2.04 bits per heavy atom. The summed E-state index contributed by atoms with van der Waals surface area (Å²) in [6.07, 6.45) is 7.19. The summed E-state index contributed by atoms with van der Waals surface area (Å²) in [5.41, 5.74) is 2.86. The van der Waals surface area contributed by atoms with Gasteiger partial charge < -0.3 is 4.42 Å². The number of likely N-dealkylation sites (tertiary alicyclic amines) is 1. The minimum atomic E-state index is 0.101. The lowest BCUT2D eigenvalue weighted by molar-refractivity contribution is 0.153. The highest BCUT2D eigenvalue weighted by atomic mass is 16.4. The van der Waals surface area contributed by atoms with Crippen LogP contribution in [0.15, 0.2) is 15.5 Å². The third kappa shape index (κ3) is 3.40. The molecule has 1 saturated heterocycles. The number of fused-ring (bicyclic) bond motifs is 1. The summed E-state index contributed by atoms with van der Waals surface area (Å²) in [7, 11) is 0. The molecule has 0 bridgehead atoms. The summed E-state index contributed by atoms with van der Waals surface area (Å²) < 4.78 is 7.66. The summed E-state index contributed by atoms with van der Waals surface area (Å²) >= 11 is 0. The van der Waals surface area contributed by atoms with Gasteiger partial charge in [-0.05, 0) is 58.5 Å². The Labute approximate surface area is 147 Å². The van der Waals surface area contributed by atoms with E-state index < -0.39 is 0 Å². The second-order valence-corrected chi connectivity index (χ2v) is 7.46. The average molecular weight is 342 g/mol. The first-order valence-electron chi connectivity index (χ1n) is 9.32. The molecule has 0 atom stereocenters. The molecular weight excluding hydrogens is 316 g/mol. The van der Waals surface area contributed by atoms with Gasteiger partial charge in [-0.2, -0.15) is 0 Å². The van der Waals surface area contributed by atoms with E-state index in [2.05, 4.69) is 14.9 Å². The minimum absolute atomic E-state index is 0.101. The van der Waals surface area contributed by atoms with E-state index in [9.17, 15) is 4.79 Å². The average Bonchev–Trinajstić information content (AvgIpc) is 3.18. The Morgan fingerprint density at radius 3 is 2.80 bits per heavy atom. The molecule has 3 heterocycles. The van der Waals surface area contributed by atoms with Crippen LogP contribution in [0.25, 0.3) is 0 Å². The molecule has 1 aliphatic heterocycles. The zero-order valence-corrected chi connectivity index (χ0v) is 15.1. The van der Waals surface area contributed by atoms with Crippen LogP contribution in [0.5, 0.6) is 0 Å². The lowest BCUT2D eigenvalue weighted by atomic mass is 9.96. The van der Waals surface area contributed by atoms with Crippen LogP contribution in [0.4, 0.5) is 0 Å². The fourth-order valence-corrected chi connectivity index (χ4v) is 3.91. The lowest BCUT2D eigenvalue weighted by Gasteiger charge is -2.31. The van der Waals surface area contributed by atoms with Gasteiger partial charge in [0, 0.05) is 24.2 Å². The molecule has 0 aromatic carbocycles. The van der Waals surface area contributed by atoms with Gasteiger partial charge in [-0.3, -0.25) is 14.3 Å². The van der Waals surface area contributed by atoms with Crippen LogP contribution in [0, 0.1) is 19.8 Å². The third-order valence-corrected chi connectivity index (χ3v) is 5.68. The maximum atomic E-state index is 12.3. The van der Waals surface area contributed by atoms with Crippen LogP contribution in [-0.4, -0.2) is 32.5 Å². The van der Waals surface area contributed by atoms with E-state index in [-0.39, 0.29) is 5.56 Å². The number of hydrogen-bond acceptors (Lipinski definition) is 5. The van der Waals surface area contributed by atoms with E-state index >= 15 is 0 Å². The number of aromatic nitrogens is 3. The molecule has 134 valence electrons. The van der Waals surface area contributed by atoms with Crippen molar-refractivity contribution in [2.75, 3.05) is 13.1 Å². The fourth-order valence-electron chi connectivity index (χ4n) is 3.91. The molecule has 6 nitrogen and oxygen atoms in total. The predicted molar refractivity (Wildman–Crippen MR) is 94.5 cm³/mol. The van der Waals surface area contributed by atoms with E-state index in [0.717, 1.165) is 74.8 Å². The van der Waals surface area contributed by atoms with Crippen LogP contribution < -0.4 is 5.56 Å². The highest BCUT2D eigenvalue weighted by Gasteiger charge is 2.23. The van der Waals surface area contributed by atoms with Gasteiger partial charge in [-0.25, -0.2) is 9.97 Å². The molecule has 0 unspecified atom stereocenters. The van der Waals surface area contributed by atoms with E-state index in [0.29, 0.717) is 5.92 Å². The molecular formula is C19H26N4O2. The number of oxazole rings is 1. The molecule has 6 heteroatoms. The van der Waals surface area contributed by atoms with Gasteiger partial charge in [0.2, 0.25) is 5.89 Å². The second kappa shape index (κ2) is 6.75. The number of hydrogen-bond donors (Lipinski definition) is 0. The van der Waals surface area contributed by atoms with Crippen molar-refractivity contribution in [2.45, 2.75) is 59.0 Å². The van der Waals surface area contributed by atoms with Crippen molar-refractivity contribution in [1.82, 2.24) is 19.4 Å². The van der Waals surface area contributed by atoms with Crippen molar-refractivity contribution in [1.29, 1.82) is 0 Å². The highest BCUT2D eigenvalue weighted by molar-refractivity contribution is 5.15. The molecule has 2 aliphatic rings. The Hall–Kier alpha value is -1.95. The Morgan fingerprint density at radius 1 is 1.24 bits per heavy atom. The standard InChI is InChI=1S/C19H26N4O2/c1-13-14(2)20-12-23(19(13)24)10-15-6-8-22(9-7-15)11-18-21-16-4-3-5-17(16)25-18/h12,15H,3-11H2,1-2H3. The van der Waals surface area contributed by atoms with Crippen molar-refractivity contribution >= 4 is 0 Å². The Balaban J connectivity index is 1.32. The Kier molecular flexibility index (Phi) is 4.46. The summed E-state index contributed by atoms with van der Waals surface area (Å²) in [6, 6.07) is 0. The summed E-state index contributed by atoms with van der Waals surface area (Å²) in [5.74, 6) is 2.51. The first kappa shape index (κ1) is 16.5. The van der Waals surface area contributed by atoms with Gasteiger partial charge >= 0.3 is 0 Å². The number of rotatable bonds is 4. The van der Waals surface area contributed by atoms with E-state index in [4.69, 9.17) is 4.42 Å². The first-order chi connectivity index (χ1) is 12.1. The lowest BCUT2D eigenvalue weighted by Crippen LogP contribution is -2.36. The van der Waals surface area contributed by atoms with Gasteiger partial charge in [0.05, 0.1) is 18.6 Å². The second-order valence-electron chi connectivity index (χ2n) is 7.46. The first-order valence-corrected chi connectivity index (χ1v) is 9.32. The topological polar surface area (TPSA) is 64.2 Å². The summed E-state index contributed by atoms with van der Waals surface area (Å²) in [6.45, 7) is 7.39. The van der Waals surface area contributed by atoms with E-state index in [1.54, 1.807) is 10.9 Å². The van der Waals surface area contributed by atoms with Gasteiger partial charge in [0.1, 0.15) is 5.76 Å². The molecule has 25 heavy (non-hydrogen) atoms. The quantitative estimate of drug-likeness (QED) is 0.853. The third-order valence-electron chi connectivity index (χ3n) is 5.68. The van der Waals surface area contributed by atoms with Gasteiger partial charge in [-0.15, -0.1) is 0 Å². The van der Waals surface area contributed by atoms with Gasteiger partial charge in [0.25, 0.3) is 5.56 Å². The van der Waals surface area contributed by atoms with Gasteiger partial charge in [-0.1, -0.05) is 0 Å². The van der Waals surface area contributed by atoms with Crippen LogP contribution in [0.1, 0.15) is 47.9 Å². The molecule has 0 N–H and O–H groups in total. The van der Waals surface area contributed by atoms with Crippen LogP contribution >= 0.6 is 0 Å². The van der Waals surface area contributed by atoms with E-state index in [1.807, 2.05) is 13.8 Å². The van der Waals surface area contributed by atoms with Crippen molar-refractivity contribution in [3.8, 4) is 0 Å². The van der Waals surface area contributed by atoms with Crippen molar-refractivity contribution in [2.24, 2.45) is 5.92 Å². The van der Waals surface area contributed by atoms with Crippen LogP contribution in [0.2, 0.25) is 0 Å². The van der Waals surface area contributed by atoms with Gasteiger partial charge in [0.15, 0.2) is 0 Å². The molecule has 2 aromatic rings. The zero-order chi connectivity index (χ0) is 17.4. The Bertz CT molecular complexity index is 794.